The highest BCUT2D eigenvalue weighted by atomic mass is 15.3. The molecule has 3 heteroatoms. The van der Waals surface area contributed by atoms with Gasteiger partial charge in [-0.15, -0.1) is 0 Å². The van der Waals surface area contributed by atoms with Gasteiger partial charge in [-0.1, -0.05) is 20.3 Å². The zero-order valence-corrected chi connectivity index (χ0v) is 10.7. The summed E-state index contributed by atoms with van der Waals surface area (Å²) >= 11 is 0. The molecule has 2 rings (SSSR count). The van der Waals surface area contributed by atoms with E-state index in [4.69, 9.17) is 0 Å². The fourth-order valence-corrected chi connectivity index (χ4v) is 2.67. The van der Waals surface area contributed by atoms with Gasteiger partial charge in [0.05, 0.1) is 11.9 Å². The Bertz CT molecular complexity index is 341. The molecule has 0 amide bonds. The second-order valence-electron chi connectivity index (χ2n) is 5.69. The quantitative estimate of drug-likeness (QED) is 0.849. The summed E-state index contributed by atoms with van der Waals surface area (Å²) < 4.78 is 1.97. The smallest absolute Gasteiger partial charge is 0.0728 e. The fourth-order valence-electron chi connectivity index (χ4n) is 2.67. The summed E-state index contributed by atoms with van der Waals surface area (Å²) in [6.07, 6.45) is 9.30. The molecule has 1 heterocycles. The molecule has 0 aromatic carbocycles. The maximum Gasteiger partial charge on any atom is 0.0728 e. The third-order valence-electron chi connectivity index (χ3n) is 3.53. The van der Waals surface area contributed by atoms with Crippen molar-refractivity contribution in [3.8, 4) is 0 Å². The minimum atomic E-state index is 0.497. The SMILES string of the molecule is CCn1cc(NC2CCCC(C)(C)C2)cn1. The number of nitrogens with zero attached hydrogens (tertiary/aromatic N) is 2. The number of hydrogen-bond acceptors (Lipinski definition) is 2. The Morgan fingerprint density at radius 2 is 2.38 bits per heavy atom. The Morgan fingerprint density at radius 1 is 1.56 bits per heavy atom. The van der Waals surface area contributed by atoms with E-state index in [-0.39, 0.29) is 0 Å². The molecule has 0 aliphatic heterocycles. The standard InChI is InChI=1S/C13H23N3/c1-4-16-10-12(9-14-16)15-11-6-5-7-13(2,3)8-11/h9-11,15H,4-8H2,1-3H3. The third kappa shape index (κ3) is 2.77. The summed E-state index contributed by atoms with van der Waals surface area (Å²) in [7, 11) is 0. The molecule has 0 bridgehead atoms. The van der Waals surface area contributed by atoms with Gasteiger partial charge in [0, 0.05) is 18.8 Å². The van der Waals surface area contributed by atoms with Crippen molar-refractivity contribution in [3.05, 3.63) is 12.4 Å². The average Bonchev–Trinajstić information content (AvgIpc) is 2.64. The van der Waals surface area contributed by atoms with Crippen LogP contribution in [0.5, 0.6) is 0 Å². The molecule has 1 unspecified atom stereocenters. The largest absolute Gasteiger partial charge is 0.380 e. The Labute approximate surface area is 98.2 Å². The van der Waals surface area contributed by atoms with Crippen molar-refractivity contribution in [2.24, 2.45) is 5.41 Å². The number of aryl methyl sites for hydroxylation is 1. The summed E-state index contributed by atoms with van der Waals surface area (Å²) in [5.41, 5.74) is 1.67. The normalized spacial score (nSPS) is 24.3. The van der Waals surface area contributed by atoms with E-state index in [9.17, 15) is 0 Å². The molecule has 1 aliphatic carbocycles. The molecule has 1 aromatic rings. The second-order valence-corrected chi connectivity index (χ2v) is 5.69. The van der Waals surface area contributed by atoms with Crippen LogP contribution >= 0.6 is 0 Å². The number of rotatable bonds is 3. The van der Waals surface area contributed by atoms with E-state index in [0.717, 1.165) is 6.54 Å². The van der Waals surface area contributed by atoms with E-state index in [1.807, 2.05) is 10.9 Å². The lowest BCUT2D eigenvalue weighted by Crippen LogP contribution is -2.31. The zero-order chi connectivity index (χ0) is 11.6. The van der Waals surface area contributed by atoms with E-state index in [0.29, 0.717) is 11.5 Å². The first-order valence-corrected chi connectivity index (χ1v) is 6.38. The number of nitrogens with one attached hydrogen (secondary N) is 1. The molecule has 3 nitrogen and oxygen atoms in total. The second kappa shape index (κ2) is 4.48. The first-order valence-electron chi connectivity index (χ1n) is 6.38. The van der Waals surface area contributed by atoms with Gasteiger partial charge < -0.3 is 5.32 Å². The predicted octanol–water partition coefficient (Wildman–Crippen LogP) is 3.28. The van der Waals surface area contributed by atoms with Gasteiger partial charge in [0.2, 0.25) is 0 Å². The van der Waals surface area contributed by atoms with Gasteiger partial charge in [-0.3, -0.25) is 4.68 Å². The molecule has 0 saturated heterocycles. The third-order valence-corrected chi connectivity index (χ3v) is 3.53. The Balaban J connectivity index is 1.94. The van der Waals surface area contributed by atoms with Gasteiger partial charge in [0.15, 0.2) is 0 Å². The molecule has 1 fully saturated rings. The zero-order valence-electron chi connectivity index (χ0n) is 10.7. The molecule has 16 heavy (non-hydrogen) atoms. The molecule has 90 valence electrons. The summed E-state index contributed by atoms with van der Waals surface area (Å²) in [6, 6.07) is 0.623. The molecule has 1 saturated carbocycles. The van der Waals surface area contributed by atoms with E-state index in [2.05, 4.69) is 37.4 Å². The van der Waals surface area contributed by atoms with Crippen molar-refractivity contribution in [2.45, 2.75) is 59.0 Å². The highest BCUT2D eigenvalue weighted by Crippen LogP contribution is 2.36. The fraction of sp³-hybridized carbons (Fsp3) is 0.769. The summed E-state index contributed by atoms with van der Waals surface area (Å²) in [5.74, 6) is 0. The highest BCUT2D eigenvalue weighted by molar-refractivity contribution is 5.39. The van der Waals surface area contributed by atoms with Crippen molar-refractivity contribution in [3.63, 3.8) is 0 Å². The molecule has 1 aliphatic rings. The van der Waals surface area contributed by atoms with Crippen LogP contribution in [-0.2, 0) is 6.54 Å². The van der Waals surface area contributed by atoms with Crippen LogP contribution in [0, 0.1) is 5.41 Å². The van der Waals surface area contributed by atoms with Crippen LogP contribution in [0.2, 0.25) is 0 Å². The van der Waals surface area contributed by atoms with E-state index < -0.39 is 0 Å². The van der Waals surface area contributed by atoms with Crippen LogP contribution in [0.3, 0.4) is 0 Å². The molecule has 1 N–H and O–H groups in total. The van der Waals surface area contributed by atoms with E-state index in [1.54, 1.807) is 0 Å². The lowest BCUT2D eigenvalue weighted by molar-refractivity contribution is 0.229. The molecule has 0 spiro atoms. The van der Waals surface area contributed by atoms with Gasteiger partial charge in [0.1, 0.15) is 0 Å². The maximum atomic E-state index is 4.29. The maximum absolute atomic E-state index is 4.29. The first kappa shape index (κ1) is 11.5. The lowest BCUT2D eigenvalue weighted by atomic mass is 9.75. The lowest BCUT2D eigenvalue weighted by Gasteiger charge is -2.35. The van der Waals surface area contributed by atoms with Gasteiger partial charge in [0.25, 0.3) is 0 Å². The summed E-state index contributed by atoms with van der Waals surface area (Å²) in [5, 5.41) is 7.90. The number of anilines is 1. The van der Waals surface area contributed by atoms with Crippen LogP contribution in [-0.4, -0.2) is 15.8 Å². The first-order chi connectivity index (χ1) is 7.59. The van der Waals surface area contributed by atoms with Crippen LogP contribution < -0.4 is 5.32 Å². The highest BCUT2D eigenvalue weighted by Gasteiger charge is 2.27. The van der Waals surface area contributed by atoms with E-state index in [1.165, 1.54) is 31.4 Å². The van der Waals surface area contributed by atoms with Crippen LogP contribution in [0.4, 0.5) is 5.69 Å². The Morgan fingerprint density at radius 3 is 3.00 bits per heavy atom. The molecular formula is C13H23N3. The monoisotopic (exact) mass is 221 g/mol. The summed E-state index contributed by atoms with van der Waals surface area (Å²) in [4.78, 5) is 0. The van der Waals surface area contributed by atoms with Crippen LogP contribution in [0.15, 0.2) is 12.4 Å². The van der Waals surface area contributed by atoms with Gasteiger partial charge in [-0.2, -0.15) is 5.10 Å². The number of aromatic nitrogens is 2. The Kier molecular flexibility index (Phi) is 3.22. The van der Waals surface area contributed by atoms with Crippen molar-refractivity contribution in [1.29, 1.82) is 0 Å². The van der Waals surface area contributed by atoms with Crippen molar-refractivity contribution in [2.75, 3.05) is 5.32 Å². The molecular weight excluding hydrogens is 198 g/mol. The predicted molar refractivity (Wildman–Crippen MR) is 67.6 cm³/mol. The van der Waals surface area contributed by atoms with Crippen molar-refractivity contribution in [1.82, 2.24) is 9.78 Å². The van der Waals surface area contributed by atoms with E-state index >= 15 is 0 Å². The Hall–Kier alpha value is -0.990. The summed E-state index contributed by atoms with van der Waals surface area (Å²) in [6.45, 7) is 7.80. The molecule has 1 aromatic heterocycles. The van der Waals surface area contributed by atoms with Gasteiger partial charge in [-0.25, -0.2) is 0 Å². The van der Waals surface area contributed by atoms with Crippen molar-refractivity contribution < 1.29 is 0 Å². The molecule has 0 radical (unpaired) electrons. The van der Waals surface area contributed by atoms with Crippen LogP contribution in [0.1, 0.15) is 46.5 Å². The average molecular weight is 221 g/mol. The van der Waals surface area contributed by atoms with Gasteiger partial charge in [-0.05, 0) is 31.6 Å². The molecule has 1 atom stereocenters. The number of hydrogen-bond donors (Lipinski definition) is 1. The minimum Gasteiger partial charge on any atom is -0.380 e. The topological polar surface area (TPSA) is 29.9 Å². The van der Waals surface area contributed by atoms with Gasteiger partial charge >= 0.3 is 0 Å². The van der Waals surface area contributed by atoms with Crippen molar-refractivity contribution >= 4 is 5.69 Å². The minimum absolute atomic E-state index is 0.497. The van der Waals surface area contributed by atoms with Crippen LogP contribution in [0.25, 0.3) is 0 Å².